The molecule has 278 valence electrons. The first-order valence-electron chi connectivity index (χ1n) is 21.9. The van der Waals surface area contributed by atoms with Crippen LogP contribution in [0.4, 0.5) is 34.1 Å². The van der Waals surface area contributed by atoms with Crippen molar-refractivity contribution in [2.75, 3.05) is 9.80 Å². The molecule has 0 amide bonds. The monoisotopic (exact) mass is 757 g/mol. The standard InChI is InChI=1S/C56H39N3/c1-4-16-46(17-5-1)57(50-32-28-40-14-10-11-15-42(40)37-50)49-30-26-41(27-31-49)43-24-25-45-38-51(33-29-44(45)36-43)58(47-18-6-2-7-19-47)52-34-35-54-53-22-12-13-23-55(53)59(56(54)39-52)48-20-8-3-9-21-48/h1-39H/i26D,27D,30D,31D. The van der Waals surface area contributed by atoms with Gasteiger partial charge in [-0.25, -0.2) is 0 Å². The average Bonchev–Trinajstić information content (AvgIpc) is 3.67. The first kappa shape index (κ1) is 30.3. The molecule has 0 radical (unpaired) electrons. The highest BCUT2D eigenvalue weighted by Crippen LogP contribution is 2.41. The van der Waals surface area contributed by atoms with E-state index in [1.54, 1.807) is 0 Å². The second kappa shape index (κ2) is 14.6. The van der Waals surface area contributed by atoms with E-state index in [4.69, 9.17) is 0 Å². The molecule has 0 N–H and O–H groups in total. The average molecular weight is 758 g/mol. The summed E-state index contributed by atoms with van der Waals surface area (Å²) < 4.78 is 39.9. The van der Waals surface area contributed by atoms with Crippen molar-refractivity contribution in [2.45, 2.75) is 0 Å². The van der Waals surface area contributed by atoms with Gasteiger partial charge in [-0.3, -0.25) is 0 Å². The second-order valence-electron chi connectivity index (χ2n) is 14.7. The Balaban J connectivity index is 1.01. The van der Waals surface area contributed by atoms with Gasteiger partial charge in [0.05, 0.1) is 16.5 Å². The van der Waals surface area contributed by atoms with E-state index in [0.29, 0.717) is 5.56 Å². The van der Waals surface area contributed by atoms with E-state index in [1.807, 2.05) is 108 Å². The largest absolute Gasteiger partial charge is 0.310 e. The number of nitrogens with zero attached hydrogens (tertiary/aromatic N) is 3. The smallest absolute Gasteiger partial charge is 0.0645 e. The number of fused-ring (bicyclic) bond motifs is 5. The van der Waals surface area contributed by atoms with Gasteiger partial charge >= 0.3 is 0 Å². The molecule has 0 saturated heterocycles. The Kier molecular flexibility index (Phi) is 7.48. The van der Waals surface area contributed by atoms with Gasteiger partial charge in [0.2, 0.25) is 0 Å². The number of anilines is 6. The van der Waals surface area contributed by atoms with Crippen LogP contribution < -0.4 is 9.80 Å². The van der Waals surface area contributed by atoms with Crippen LogP contribution in [0.2, 0.25) is 0 Å². The normalized spacial score (nSPS) is 12.3. The predicted molar refractivity (Wildman–Crippen MR) is 251 cm³/mol. The van der Waals surface area contributed by atoms with Crippen LogP contribution in [0.25, 0.3) is 60.2 Å². The van der Waals surface area contributed by atoms with Crippen molar-refractivity contribution in [3.05, 3.63) is 236 Å². The van der Waals surface area contributed by atoms with Gasteiger partial charge in [0.15, 0.2) is 0 Å². The Morgan fingerprint density at radius 3 is 1.51 bits per heavy atom. The summed E-state index contributed by atoms with van der Waals surface area (Å²) in [5, 5.41) is 6.38. The highest BCUT2D eigenvalue weighted by atomic mass is 15.1. The summed E-state index contributed by atoms with van der Waals surface area (Å²) in [4.78, 5) is 4.10. The maximum Gasteiger partial charge on any atom is 0.0645 e. The van der Waals surface area contributed by atoms with Crippen molar-refractivity contribution in [3.63, 3.8) is 0 Å². The summed E-state index contributed by atoms with van der Waals surface area (Å²) >= 11 is 0. The van der Waals surface area contributed by atoms with Crippen LogP contribution in [-0.2, 0) is 0 Å². The van der Waals surface area contributed by atoms with Crippen molar-refractivity contribution < 1.29 is 5.48 Å². The fourth-order valence-corrected chi connectivity index (χ4v) is 8.37. The number of rotatable bonds is 8. The molecular formula is C56H39N3. The molecule has 1 aromatic heterocycles. The van der Waals surface area contributed by atoms with Gasteiger partial charge in [0.1, 0.15) is 0 Å². The predicted octanol–water partition coefficient (Wildman–Crippen LogP) is 15.7. The Labute approximate surface area is 349 Å². The van der Waals surface area contributed by atoms with Crippen LogP contribution in [0, 0.1) is 0 Å². The molecule has 0 aliphatic heterocycles. The van der Waals surface area contributed by atoms with Crippen molar-refractivity contribution in [2.24, 2.45) is 0 Å². The van der Waals surface area contributed by atoms with Crippen LogP contribution in [0.3, 0.4) is 0 Å². The minimum Gasteiger partial charge on any atom is -0.310 e. The first-order valence-corrected chi connectivity index (χ1v) is 19.9. The Morgan fingerprint density at radius 1 is 0.305 bits per heavy atom. The van der Waals surface area contributed by atoms with E-state index >= 15 is 0 Å². The quantitative estimate of drug-likeness (QED) is 0.153. The molecule has 11 rings (SSSR count). The zero-order valence-corrected chi connectivity index (χ0v) is 32.0. The summed E-state index contributed by atoms with van der Waals surface area (Å²) in [6.07, 6.45) is 0. The van der Waals surface area contributed by atoms with Crippen LogP contribution in [0.15, 0.2) is 236 Å². The van der Waals surface area contributed by atoms with Crippen molar-refractivity contribution in [1.82, 2.24) is 4.57 Å². The summed E-state index contributed by atoms with van der Waals surface area (Å²) in [6, 6.07) is 71.6. The fraction of sp³-hybridized carbons (Fsp3) is 0. The summed E-state index contributed by atoms with van der Waals surface area (Å²) in [6.45, 7) is 0. The van der Waals surface area contributed by atoms with E-state index in [0.717, 1.165) is 66.7 Å². The van der Waals surface area contributed by atoms with Gasteiger partial charge < -0.3 is 14.4 Å². The van der Waals surface area contributed by atoms with Gasteiger partial charge in [-0.05, 0) is 130 Å². The van der Waals surface area contributed by atoms with Crippen LogP contribution >= 0.6 is 0 Å². The van der Waals surface area contributed by atoms with E-state index in [-0.39, 0.29) is 35.4 Å². The Bertz CT molecular complexity index is 3490. The topological polar surface area (TPSA) is 11.4 Å². The van der Waals surface area contributed by atoms with Crippen LogP contribution in [-0.4, -0.2) is 4.57 Å². The molecule has 0 bridgehead atoms. The Hall–Kier alpha value is -7.88. The molecule has 59 heavy (non-hydrogen) atoms. The van der Waals surface area contributed by atoms with Gasteiger partial charge in [-0.15, -0.1) is 0 Å². The molecule has 0 aliphatic rings. The Morgan fingerprint density at radius 2 is 0.797 bits per heavy atom. The van der Waals surface area contributed by atoms with E-state index in [1.165, 1.54) is 10.8 Å². The van der Waals surface area contributed by atoms with Gasteiger partial charge in [-0.1, -0.05) is 139 Å². The van der Waals surface area contributed by atoms with Crippen LogP contribution in [0.1, 0.15) is 5.48 Å². The van der Waals surface area contributed by atoms with Crippen molar-refractivity contribution >= 4 is 77.5 Å². The lowest BCUT2D eigenvalue weighted by Crippen LogP contribution is -2.10. The molecule has 11 aromatic rings. The number of hydrogen-bond donors (Lipinski definition) is 0. The number of aromatic nitrogens is 1. The van der Waals surface area contributed by atoms with Crippen molar-refractivity contribution in [3.8, 4) is 16.8 Å². The highest BCUT2D eigenvalue weighted by molar-refractivity contribution is 6.10. The van der Waals surface area contributed by atoms with Gasteiger partial charge in [0, 0.05) is 50.6 Å². The maximum absolute atomic E-state index is 9.42. The van der Waals surface area contributed by atoms with Crippen molar-refractivity contribution in [1.29, 1.82) is 0 Å². The lowest BCUT2D eigenvalue weighted by atomic mass is 10.00. The minimum atomic E-state index is -0.111. The summed E-state index contributed by atoms with van der Waals surface area (Å²) in [7, 11) is 0. The van der Waals surface area contributed by atoms with Crippen LogP contribution in [0.5, 0.6) is 0 Å². The third kappa shape index (κ3) is 6.26. The number of benzene rings is 10. The SMILES string of the molecule is [2H]c1c([2H])c(N(c2ccccc2)c2ccc3ccccc3c2)c([2H])c([2H])c1-c1ccc2cc(N(c3ccccc3)c3ccc4c5ccccc5n(-c5ccccc5)c4c3)ccc2c1. The minimum absolute atomic E-state index is 0.0951. The molecule has 3 heteroatoms. The molecule has 3 nitrogen and oxygen atoms in total. The molecule has 1 heterocycles. The third-order valence-corrected chi connectivity index (χ3v) is 11.2. The van der Waals surface area contributed by atoms with Gasteiger partial charge in [0.25, 0.3) is 0 Å². The molecule has 0 fully saturated rings. The summed E-state index contributed by atoms with van der Waals surface area (Å²) in [5.74, 6) is 0. The van der Waals surface area contributed by atoms with E-state index in [9.17, 15) is 5.48 Å². The zero-order chi connectivity index (χ0) is 42.6. The number of hydrogen-bond acceptors (Lipinski definition) is 2. The molecule has 0 spiro atoms. The molecule has 10 aromatic carbocycles. The zero-order valence-electron chi connectivity index (χ0n) is 36.0. The first-order chi connectivity index (χ1) is 30.9. The lowest BCUT2D eigenvalue weighted by molar-refractivity contribution is 1.18. The van der Waals surface area contributed by atoms with Gasteiger partial charge in [-0.2, -0.15) is 0 Å². The molecular weight excluding hydrogens is 715 g/mol. The molecule has 0 atom stereocenters. The van der Waals surface area contributed by atoms with E-state index in [2.05, 4.69) is 119 Å². The van der Waals surface area contributed by atoms with E-state index < -0.39 is 0 Å². The fourth-order valence-electron chi connectivity index (χ4n) is 8.37. The number of para-hydroxylation sites is 4. The third-order valence-electron chi connectivity index (χ3n) is 11.2. The second-order valence-corrected chi connectivity index (χ2v) is 14.7. The highest BCUT2D eigenvalue weighted by Gasteiger charge is 2.18. The lowest BCUT2D eigenvalue weighted by Gasteiger charge is -2.26. The molecule has 0 aliphatic carbocycles. The summed E-state index contributed by atoms with van der Waals surface area (Å²) in [5.41, 5.74) is 8.95. The molecule has 0 unspecified atom stereocenters. The maximum atomic E-state index is 9.42. The molecule has 0 saturated carbocycles.